The number of ether oxygens (including phenoxy) is 3. The molecule has 400 valence electrons. The Morgan fingerprint density at radius 1 is 0.781 bits per heavy atom. The fourth-order valence-electron chi connectivity index (χ4n) is 8.22. The smallest absolute Gasteiger partial charge is 0.332 e. The number of fused-ring (bicyclic) bond motifs is 11. The van der Waals surface area contributed by atoms with Crippen LogP contribution >= 0.6 is 0 Å². The van der Waals surface area contributed by atoms with Gasteiger partial charge in [-0.25, -0.2) is 4.79 Å². The Morgan fingerprint density at radius 3 is 2.01 bits per heavy atom. The van der Waals surface area contributed by atoms with E-state index in [0.29, 0.717) is 24.2 Å². The van der Waals surface area contributed by atoms with E-state index in [0.717, 1.165) is 4.90 Å². The topological polar surface area (TPSA) is 297 Å². The van der Waals surface area contributed by atoms with Gasteiger partial charge >= 0.3 is 11.9 Å². The maximum absolute atomic E-state index is 15.2. The number of cyclic esters (lactones) is 1. The van der Waals surface area contributed by atoms with Gasteiger partial charge in [0.15, 0.2) is 6.04 Å². The number of carbonyl (C=O) groups excluding carboxylic acids is 9. The van der Waals surface area contributed by atoms with E-state index in [1.54, 1.807) is 95.3 Å². The highest BCUT2D eigenvalue weighted by molar-refractivity contribution is 5.98. The fraction of sp³-hybridized carbons (Fsp3) is 0.558. The second-order valence-corrected chi connectivity index (χ2v) is 19.1. The molecular formula is C52H73N7O14. The Labute approximate surface area is 426 Å². The van der Waals surface area contributed by atoms with E-state index in [4.69, 9.17) is 14.2 Å². The molecule has 4 bridgehead atoms. The number of carbonyl (C=O) groups is 9. The third-order valence-corrected chi connectivity index (χ3v) is 13.3. The van der Waals surface area contributed by atoms with Crippen molar-refractivity contribution in [3.63, 3.8) is 0 Å². The molecule has 3 aliphatic heterocycles. The van der Waals surface area contributed by atoms with Crippen LogP contribution in [0.5, 0.6) is 5.75 Å². The zero-order valence-corrected chi connectivity index (χ0v) is 43.2. The van der Waals surface area contributed by atoms with Crippen molar-refractivity contribution in [1.82, 2.24) is 36.8 Å². The average Bonchev–Trinajstić information content (AvgIpc) is 3.36. The molecule has 7 amide bonds. The van der Waals surface area contributed by atoms with E-state index < -0.39 is 145 Å². The number of hydrogen-bond acceptors (Lipinski definition) is 14. The molecule has 21 heteroatoms. The van der Waals surface area contributed by atoms with Gasteiger partial charge in [0, 0.05) is 19.4 Å². The van der Waals surface area contributed by atoms with Crippen molar-refractivity contribution >= 4 is 53.3 Å². The Kier molecular flexibility index (Phi) is 21.9. The number of likely N-dealkylation sites (N-methyl/N-ethyl adjacent to an activating group) is 1. The van der Waals surface area contributed by atoms with Crippen molar-refractivity contribution < 1.29 is 67.6 Å². The van der Waals surface area contributed by atoms with Crippen LogP contribution in [0.4, 0.5) is 0 Å². The lowest BCUT2D eigenvalue weighted by atomic mass is 9.93. The molecule has 3 aliphatic rings. The van der Waals surface area contributed by atoms with Crippen molar-refractivity contribution in [2.45, 2.75) is 142 Å². The van der Waals surface area contributed by atoms with Crippen LogP contribution in [0.3, 0.4) is 0 Å². The summed E-state index contributed by atoms with van der Waals surface area (Å²) in [4.78, 5) is 129. The Bertz CT molecular complexity index is 2290. The number of amides is 7. The van der Waals surface area contributed by atoms with Crippen LogP contribution in [-0.2, 0) is 59.0 Å². The van der Waals surface area contributed by atoms with E-state index >= 15 is 4.79 Å². The van der Waals surface area contributed by atoms with Gasteiger partial charge in [0.1, 0.15) is 61.3 Å². The van der Waals surface area contributed by atoms with Gasteiger partial charge in [-0.2, -0.15) is 0 Å². The van der Waals surface area contributed by atoms with Crippen molar-refractivity contribution in [3.05, 3.63) is 77.9 Å². The predicted octanol–water partition coefficient (Wildman–Crippen LogP) is 0.901. The number of rotatable bonds is 10. The number of nitrogens with one attached hydrogen (secondary N) is 6. The van der Waals surface area contributed by atoms with Crippen molar-refractivity contribution in [1.29, 1.82) is 0 Å². The van der Waals surface area contributed by atoms with Crippen molar-refractivity contribution in [2.24, 2.45) is 23.7 Å². The SMILES string of the molecule is CCC1/C=C/C(=O)NCC(=O)OC[C@@H]2NC(=O)[C@@H]([C@@H](C)O)NC(=O)[C@H](Cc3ccccc3)N(C)C(=O)[C@@H](NC(=O)[C@@H]([C@@H](C)CC)NC(=O)[C@@H](NC(=O)[C@H](C)[C@H](O)C(C)C)[C@@H](C)OC2=O)c2ccc(cc2)O[C@@H]1C. The molecule has 2 aromatic carbocycles. The summed E-state index contributed by atoms with van der Waals surface area (Å²) in [6.45, 7) is 12.7. The monoisotopic (exact) mass is 1020 g/mol. The molecular weight excluding hydrogens is 947 g/mol. The quantitative estimate of drug-likeness (QED) is 0.154. The van der Waals surface area contributed by atoms with Gasteiger partial charge in [0.25, 0.3) is 0 Å². The average molecular weight is 1020 g/mol. The van der Waals surface area contributed by atoms with Gasteiger partial charge in [-0.15, -0.1) is 0 Å². The molecule has 21 nitrogen and oxygen atoms in total. The van der Waals surface area contributed by atoms with E-state index in [-0.39, 0.29) is 17.9 Å². The first-order valence-corrected chi connectivity index (χ1v) is 24.7. The van der Waals surface area contributed by atoms with Crippen LogP contribution in [0.1, 0.15) is 92.3 Å². The van der Waals surface area contributed by atoms with E-state index in [2.05, 4.69) is 31.9 Å². The molecule has 73 heavy (non-hydrogen) atoms. The molecule has 13 atom stereocenters. The first-order valence-electron chi connectivity index (χ1n) is 24.7. The number of nitrogens with zero attached hydrogens (tertiary/aromatic N) is 1. The highest BCUT2D eigenvalue weighted by Crippen LogP contribution is 2.26. The summed E-state index contributed by atoms with van der Waals surface area (Å²) < 4.78 is 17.4. The molecule has 2 aromatic rings. The minimum absolute atomic E-state index is 0.133. The zero-order valence-electron chi connectivity index (χ0n) is 43.2. The number of esters is 2. The normalized spacial score (nSPS) is 27.7. The number of hydrogen-bond donors (Lipinski definition) is 8. The van der Waals surface area contributed by atoms with Crippen LogP contribution in [0.15, 0.2) is 66.7 Å². The summed E-state index contributed by atoms with van der Waals surface area (Å²) in [6, 6.07) is 4.92. The molecule has 5 rings (SSSR count). The Balaban J connectivity index is 2.01. The highest BCUT2D eigenvalue weighted by atomic mass is 16.6. The predicted molar refractivity (Wildman–Crippen MR) is 265 cm³/mol. The lowest BCUT2D eigenvalue weighted by Crippen LogP contribution is -2.61. The van der Waals surface area contributed by atoms with Crippen LogP contribution < -0.4 is 36.6 Å². The summed E-state index contributed by atoms with van der Waals surface area (Å²) in [6.07, 6.45) is -1.41. The molecule has 0 radical (unpaired) electrons. The minimum atomic E-state index is -1.92. The second kappa shape index (κ2) is 27.3. The van der Waals surface area contributed by atoms with Gasteiger partial charge in [-0.05, 0) is 68.4 Å². The third kappa shape index (κ3) is 16.3. The van der Waals surface area contributed by atoms with E-state index in [9.17, 15) is 48.6 Å². The van der Waals surface area contributed by atoms with Gasteiger partial charge in [0.05, 0.1) is 18.1 Å². The number of aliphatic hydroxyl groups is 2. The van der Waals surface area contributed by atoms with E-state index in [1.807, 2.05) is 6.92 Å². The maximum atomic E-state index is 15.2. The summed E-state index contributed by atoms with van der Waals surface area (Å²) in [5, 5.41) is 37.2. The van der Waals surface area contributed by atoms with Crippen LogP contribution in [-0.4, -0.2) is 143 Å². The van der Waals surface area contributed by atoms with E-state index in [1.165, 1.54) is 33.9 Å². The molecule has 0 aliphatic carbocycles. The van der Waals surface area contributed by atoms with Crippen LogP contribution in [0.25, 0.3) is 0 Å². The van der Waals surface area contributed by atoms with Crippen molar-refractivity contribution in [3.8, 4) is 5.75 Å². The fourth-order valence-corrected chi connectivity index (χ4v) is 8.22. The summed E-state index contributed by atoms with van der Waals surface area (Å²) in [7, 11) is 1.33. The first kappa shape index (κ1) is 58.7. The van der Waals surface area contributed by atoms with Crippen LogP contribution in [0, 0.1) is 23.7 Å². The summed E-state index contributed by atoms with van der Waals surface area (Å²) in [5.41, 5.74) is 0.814. The molecule has 1 unspecified atom stereocenters. The molecule has 0 saturated carbocycles. The third-order valence-electron chi connectivity index (χ3n) is 13.3. The maximum Gasteiger partial charge on any atom is 0.332 e. The Hall–Kier alpha value is -6.87. The minimum Gasteiger partial charge on any atom is -0.490 e. The first-order chi connectivity index (χ1) is 34.5. The lowest BCUT2D eigenvalue weighted by Gasteiger charge is -2.34. The highest BCUT2D eigenvalue weighted by Gasteiger charge is 2.42. The molecule has 1 saturated heterocycles. The molecule has 3 heterocycles. The number of benzene rings is 2. The second-order valence-electron chi connectivity index (χ2n) is 19.1. The lowest BCUT2D eigenvalue weighted by molar-refractivity contribution is -0.160. The van der Waals surface area contributed by atoms with Gasteiger partial charge < -0.3 is 61.2 Å². The number of aliphatic hydroxyl groups excluding tert-OH is 2. The molecule has 8 N–H and O–H groups in total. The molecule has 0 spiro atoms. The van der Waals surface area contributed by atoms with Gasteiger partial charge in [-0.3, -0.25) is 38.4 Å². The Morgan fingerprint density at radius 2 is 1.41 bits per heavy atom. The standard InChI is InChI=1S/C52H73N7O14/c1-11-28(5)41-48(66)58-44-35-18-21-36(22-19-35)72-31(8)34(12-2)20-23-39(61)53-25-40(62)71-26-37(52(70)73-32(9)43(50(68)55-41)57-46(64)29(6)45(63)27(3)4)54-49(67)42(30(7)60)56-47(65)38(59(10)51(44)69)24-33-16-14-13-15-17-33/h13-23,27-32,34,37-38,41-45,60,63H,11-12,24-26H2,1-10H3,(H,53,61)(H,54,67)(H,55,68)(H,56,65)(H,57,64)(H,58,66)/b23-20+/t28-,29+,30+,31+,32+,34?,37-,38-,41+,42+,43-,44-,45+/m0/s1. The molecule has 1 fully saturated rings. The zero-order chi connectivity index (χ0) is 54.3. The van der Waals surface area contributed by atoms with Crippen LogP contribution in [0.2, 0.25) is 0 Å². The van der Waals surface area contributed by atoms with Gasteiger partial charge in [0.2, 0.25) is 41.4 Å². The molecule has 0 aromatic heterocycles. The van der Waals surface area contributed by atoms with Gasteiger partial charge in [-0.1, -0.05) is 96.5 Å². The van der Waals surface area contributed by atoms with Crippen molar-refractivity contribution in [2.75, 3.05) is 20.2 Å². The summed E-state index contributed by atoms with van der Waals surface area (Å²) >= 11 is 0. The largest absolute Gasteiger partial charge is 0.490 e. The summed E-state index contributed by atoms with van der Waals surface area (Å²) in [5.74, 6) is -10.8.